The zero-order chi connectivity index (χ0) is 105. The highest BCUT2D eigenvalue weighted by Crippen LogP contribution is 2.21. The maximum Gasteiger partial charge on any atom is 0.333 e. The fourth-order valence-electron chi connectivity index (χ4n) is 10.8. The van der Waals surface area contributed by atoms with Gasteiger partial charge in [0, 0.05) is 231 Å². The fraction of sp³-hybridized carbons (Fsp3) is 0.533. The summed E-state index contributed by atoms with van der Waals surface area (Å²) in [5.41, 5.74) is 8.93. The monoisotopic (exact) mass is 1930 g/mol. The Bertz CT molecular complexity index is 3700. The van der Waals surface area contributed by atoms with Crippen molar-refractivity contribution in [3.8, 4) is 0 Å². The van der Waals surface area contributed by atoms with Crippen molar-refractivity contribution in [1.82, 2.24) is 0 Å². The molecular weight excluding hydrogens is 1770 g/mol. The molecule has 0 aliphatic heterocycles. The molecule has 32 heteroatoms. The number of Topliss-reactive ketones (excluding diaryl/α,β-unsaturated/α-hetero) is 4. The number of esters is 1. The molecule has 6 rings (SSSR count). The molecule has 4 amide bonds. The molecule has 0 aromatic heterocycles. The summed E-state index contributed by atoms with van der Waals surface area (Å²) in [5, 5.41) is 28.4. The number of hydrogen-bond acceptors (Lipinski definition) is 26. The first kappa shape index (κ1) is 135. The number of carbonyl (C=O) groups is 11. The van der Waals surface area contributed by atoms with Crippen LogP contribution in [0.4, 0.5) is 22.7 Å². The normalized spacial score (nSPS) is 10.5. The second kappa shape index (κ2) is 87.0. The summed E-state index contributed by atoms with van der Waals surface area (Å²) < 4.78 is 72.9. The van der Waals surface area contributed by atoms with Crippen LogP contribution in [0.15, 0.2) is 158 Å². The molecule has 0 radical (unpaired) electrons. The Morgan fingerprint density at radius 3 is 0.650 bits per heavy atom. The zero-order valence-electron chi connectivity index (χ0n) is 86.8. The number of methoxy groups -OCH3 is 14. The number of rotatable bonds is 50. The number of aliphatic carboxylic acids is 2. The molecule has 0 aliphatic carbocycles. The van der Waals surface area contributed by atoms with Gasteiger partial charge in [0.15, 0.2) is 23.1 Å². The van der Waals surface area contributed by atoms with E-state index in [-0.39, 0.29) is 85.9 Å². The third-order valence-electron chi connectivity index (χ3n) is 18.8. The maximum atomic E-state index is 11.0. The minimum absolute atomic E-state index is 0.0186. The number of ether oxygens (including phenoxy) is 15. The second-order valence-electron chi connectivity index (χ2n) is 32.1. The minimum Gasteiger partial charge on any atom is -0.481 e. The van der Waals surface area contributed by atoms with Gasteiger partial charge in [-0.15, -0.1) is 0 Å². The maximum absolute atomic E-state index is 11.0. The molecule has 6 aromatic carbocycles. The number of carboxylic acids is 2. The molecule has 0 spiro atoms. The first-order valence-electron chi connectivity index (χ1n) is 44.9. The summed E-state index contributed by atoms with van der Waals surface area (Å²) >= 11 is 0. The summed E-state index contributed by atoms with van der Waals surface area (Å²) in [6.07, 6.45) is 10.4. The largest absolute Gasteiger partial charge is 0.481 e. The highest BCUT2D eigenvalue weighted by Gasteiger charge is 2.34. The third-order valence-corrected chi connectivity index (χ3v) is 18.8. The lowest BCUT2D eigenvalue weighted by molar-refractivity contribution is -0.155. The lowest BCUT2D eigenvalue weighted by atomic mass is 9.93. The number of unbranched alkanes of at least 4 members (excludes halogenated alkanes) is 2. The van der Waals surface area contributed by atoms with Crippen molar-refractivity contribution in [2.75, 3.05) is 213 Å². The van der Waals surface area contributed by atoms with Crippen LogP contribution in [0, 0.1) is 22.7 Å². The summed E-state index contributed by atoms with van der Waals surface area (Å²) in [4.78, 5) is 119. The molecule has 0 bridgehead atoms. The van der Waals surface area contributed by atoms with Crippen LogP contribution in [0.3, 0.4) is 0 Å². The Hall–Kier alpha value is -10.5. The van der Waals surface area contributed by atoms with Gasteiger partial charge in [-0.1, -0.05) is 117 Å². The zero-order valence-corrected chi connectivity index (χ0v) is 86.8. The van der Waals surface area contributed by atoms with Crippen LogP contribution in [-0.4, -0.2) is 273 Å². The summed E-state index contributed by atoms with van der Waals surface area (Å²) in [6, 6.07) is 44.4. The molecule has 6 aromatic rings. The molecule has 1 unspecified atom stereocenters. The molecule has 0 fully saturated rings. The Morgan fingerprint density at radius 2 is 0.504 bits per heavy atom. The van der Waals surface area contributed by atoms with E-state index in [9.17, 15) is 52.7 Å². The van der Waals surface area contributed by atoms with E-state index in [2.05, 4.69) is 41.7 Å². The number of ketones is 4. The molecule has 0 saturated heterocycles. The van der Waals surface area contributed by atoms with Gasteiger partial charge >= 0.3 is 17.9 Å². The molecule has 32 nitrogen and oxygen atoms in total. The van der Waals surface area contributed by atoms with Crippen LogP contribution in [-0.2, 0) is 117 Å². The fourth-order valence-corrected chi connectivity index (χ4v) is 10.8. The van der Waals surface area contributed by atoms with Crippen molar-refractivity contribution in [3.05, 3.63) is 202 Å². The van der Waals surface area contributed by atoms with E-state index in [1.807, 2.05) is 97.1 Å². The number of nitrogens with one attached hydrogen (secondary N) is 4. The smallest absolute Gasteiger partial charge is 0.333 e. The Labute approximate surface area is 816 Å². The van der Waals surface area contributed by atoms with E-state index < -0.39 is 28.7 Å². The highest BCUT2D eigenvalue weighted by molar-refractivity contribution is 5.99. The molecular formula is C105H164N4O28. The Kier molecular flexibility index (Phi) is 85.7. The van der Waals surface area contributed by atoms with Gasteiger partial charge < -0.3 is 103 Å². The average Bonchev–Trinajstić information content (AvgIpc) is 0.864. The van der Waals surface area contributed by atoms with Gasteiger partial charge in [-0.05, 0) is 195 Å². The summed E-state index contributed by atoms with van der Waals surface area (Å²) in [7, 11) is 22.8. The van der Waals surface area contributed by atoms with Crippen LogP contribution in [0.2, 0.25) is 0 Å². The molecule has 1 atom stereocenters. The van der Waals surface area contributed by atoms with Crippen molar-refractivity contribution >= 4 is 87.4 Å². The van der Waals surface area contributed by atoms with Crippen molar-refractivity contribution < 1.29 is 134 Å². The van der Waals surface area contributed by atoms with Gasteiger partial charge in [0.05, 0.1) is 33.0 Å². The number of carboxylic acid groups (broad SMARTS) is 2. The van der Waals surface area contributed by atoms with Gasteiger partial charge in [-0.25, -0.2) is 4.79 Å². The van der Waals surface area contributed by atoms with Crippen molar-refractivity contribution in [1.29, 1.82) is 0 Å². The lowest BCUT2D eigenvalue weighted by Gasteiger charge is -2.22. The van der Waals surface area contributed by atoms with Crippen molar-refractivity contribution in [2.45, 2.75) is 160 Å². The van der Waals surface area contributed by atoms with Crippen molar-refractivity contribution in [3.63, 3.8) is 0 Å². The SMILES string of the molecule is C=C(C)C(=O)OCC(COC)OC.CC(=O)Nc1ccc(Cc2ccc(NC(C)=O)cc2)cc1.CC(=O)Nc1ccc(Cc2ccc(NC(C)=O)cc2)cc1.CC(=O)c1ccc(C(C)=O)cc1.CC(=O)c1ccc(C(C)=O)cc1.COCC(C)(COC)C(=O)O.COCC(C)(COC)C(=O)O.COCCC(C)CCOC.COCCC(C)CCOC.COCCCCOC.COCCCCOC. The predicted octanol–water partition coefficient (Wildman–Crippen LogP) is 17.6. The third kappa shape index (κ3) is 77.1. The molecule has 0 saturated carbocycles. The Morgan fingerprint density at radius 1 is 0.299 bits per heavy atom. The van der Waals surface area contributed by atoms with Gasteiger partial charge in [0.25, 0.3) is 0 Å². The number of carbonyl (C=O) groups excluding carboxylic acids is 9. The van der Waals surface area contributed by atoms with E-state index in [0.717, 1.165) is 174 Å². The second-order valence-corrected chi connectivity index (χ2v) is 32.1. The van der Waals surface area contributed by atoms with Gasteiger partial charge in [-0.3, -0.25) is 47.9 Å². The molecule has 0 heterocycles. The van der Waals surface area contributed by atoms with Gasteiger partial charge in [-0.2, -0.15) is 0 Å². The molecule has 0 aliphatic rings. The standard InChI is InChI=1S/2C17H18N2O2.2C10H10O2.C9H16O4.2C8H18O2.2C7H14O4.2C6H14O2/c2*1-12(20)18-16-7-3-14(4-8-16)11-15-5-9-17(10-6-15)19-13(2)21;2*1-7(11)9-3-5-10(6-4-9)8(2)12;1-7(2)9(10)13-6-8(12-4)5-11-3;2*1-8(4-6-9-2)5-7-10-3;2*1-7(4-10-2,5-11-3)6(8)9;2*1-7-5-3-4-6-8-2/h2*3-10H,11H2,1-2H3,(H,18,20)(H,19,21);2*3-6H,1-2H3;8H,1,5-6H2,2-4H3;2*8H,4-7H2,1-3H3;2*4-5H2,1-3H3,(H,8,9);2*3-6H2,1-2H3. The molecule has 6 N–H and O–H groups in total. The van der Waals surface area contributed by atoms with E-state index >= 15 is 0 Å². The average molecular weight is 1930 g/mol. The minimum atomic E-state index is -0.927. The number of amides is 4. The quantitative estimate of drug-likeness (QED) is 0.00894. The van der Waals surface area contributed by atoms with E-state index in [1.165, 1.54) is 90.9 Å². The lowest BCUT2D eigenvalue weighted by Crippen LogP contribution is -2.36. The van der Waals surface area contributed by atoms with Crippen LogP contribution < -0.4 is 21.3 Å². The summed E-state index contributed by atoms with van der Waals surface area (Å²) in [5.74, 6) is -0.981. The topological polar surface area (TPSA) is 415 Å². The van der Waals surface area contributed by atoms with Gasteiger partial charge in [0.1, 0.15) is 23.5 Å². The van der Waals surface area contributed by atoms with Crippen molar-refractivity contribution in [2.24, 2.45) is 22.7 Å². The van der Waals surface area contributed by atoms with Gasteiger partial charge in [0.2, 0.25) is 23.6 Å². The van der Waals surface area contributed by atoms with Crippen LogP contribution in [0.25, 0.3) is 0 Å². The number of anilines is 4. The van der Waals surface area contributed by atoms with E-state index in [0.29, 0.717) is 34.4 Å². The van der Waals surface area contributed by atoms with Crippen LogP contribution in [0.5, 0.6) is 0 Å². The van der Waals surface area contributed by atoms with E-state index in [1.54, 1.807) is 133 Å². The summed E-state index contributed by atoms with van der Waals surface area (Å²) in [6.45, 7) is 32.8. The van der Waals surface area contributed by atoms with Crippen LogP contribution >= 0.6 is 0 Å². The molecule has 137 heavy (non-hydrogen) atoms. The Balaban J connectivity index is -0.000000474. The number of hydrogen-bond donors (Lipinski definition) is 6. The number of benzene rings is 6. The van der Waals surface area contributed by atoms with E-state index in [4.69, 9.17) is 81.3 Å². The first-order chi connectivity index (χ1) is 65.0. The highest BCUT2D eigenvalue weighted by atomic mass is 16.6. The molecule has 772 valence electrons. The first-order valence-corrected chi connectivity index (χ1v) is 44.9. The predicted molar refractivity (Wildman–Crippen MR) is 539 cm³/mol. The van der Waals surface area contributed by atoms with Crippen LogP contribution in [0.1, 0.15) is 205 Å².